The fourth-order valence-electron chi connectivity index (χ4n) is 4.07. The molecule has 9 nitrogen and oxygen atoms in total. The van der Waals surface area contributed by atoms with Gasteiger partial charge in [0, 0.05) is 43.4 Å². The SMILES string of the molecule is O=C(O)CCCCCNC(=O)CCCCCNC(=O)CCCCC1SC[C@@H]2NC(=O)N[C@H]12. The number of rotatable bonds is 17. The molecule has 182 valence electrons. The van der Waals surface area contributed by atoms with Crippen molar-refractivity contribution in [3.8, 4) is 0 Å². The molecule has 5 N–H and O–H groups in total. The number of urea groups is 1. The Morgan fingerprint density at radius 2 is 1.44 bits per heavy atom. The highest BCUT2D eigenvalue weighted by molar-refractivity contribution is 8.00. The molecule has 0 aromatic rings. The number of carbonyl (C=O) groups is 4. The number of carboxylic acid groups (broad SMARTS) is 1. The third kappa shape index (κ3) is 10.6. The summed E-state index contributed by atoms with van der Waals surface area (Å²) in [4.78, 5) is 45.5. The van der Waals surface area contributed by atoms with E-state index < -0.39 is 5.97 Å². The van der Waals surface area contributed by atoms with Crippen LogP contribution in [-0.4, -0.2) is 65.1 Å². The lowest BCUT2D eigenvalue weighted by Gasteiger charge is -2.16. The molecule has 2 heterocycles. The molecule has 0 aliphatic carbocycles. The minimum Gasteiger partial charge on any atom is -0.481 e. The molecule has 0 aromatic heterocycles. The van der Waals surface area contributed by atoms with Crippen LogP contribution < -0.4 is 21.3 Å². The highest BCUT2D eigenvalue weighted by Crippen LogP contribution is 2.33. The first-order valence-electron chi connectivity index (χ1n) is 11.9. The molecule has 0 spiro atoms. The standard InChI is InChI=1S/C22H38N4O5S/c27-18(23-14-8-2-4-12-20(29)30)10-3-1-7-13-24-19(28)11-6-5-9-17-21-16(15-32-17)25-22(31)26-21/h16-17,21H,1-15H2,(H,23,27)(H,24,28)(H,29,30)(H2,25,26,31)/t16-,17?,21-/m0/s1. The molecule has 2 aliphatic rings. The molecule has 2 saturated heterocycles. The number of unbranched alkanes of at least 4 members (excludes halogenated alkanes) is 5. The number of aliphatic carboxylic acids is 1. The second kappa shape index (κ2) is 15.0. The normalized spacial score (nSPS) is 21.5. The van der Waals surface area contributed by atoms with Crippen LogP contribution in [0.15, 0.2) is 0 Å². The van der Waals surface area contributed by atoms with Gasteiger partial charge in [0.2, 0.25) is 11.8 Å². The minimum absolute atomic E-state index is 0.0342. The van der Waals surface area contributed by atoms with Crippen LogP contribution in [0.3, 0.4) is 0 Å². The Kier molecular flexibility index (Phi) is 12.3. The van der Waals surface area contributed by atoms with Crippen LogP contribution in [0.2, 0.25) is 0 Å². The van der Waals surface area contributed by atoms with E-state index in [4.69, 9.17) is 5.11 Å². The quantitative estimate of drug-likeness (QED) is 0.163. The van der Waals surface area contributed by atoms with Crippen molar-refractivity contribution in [1.29, 1.82) is 0 Å². The Morgan fingerprint density at radius 1 is 0.844 bits per heavy atom. The monoisotopic (exact) mass is 470 g/mol. The molecule has 32 heavy (non-hydrogen) atoms. The summed E-state index contributed by atoms with van der Waals surface area (Å²) in [6.45, 7) is 1.24. The minimum atomic E-state index is -0.777. The molecule has 0 saturated carbocycles. The molecule has 0 bridgehead atoms. The number of hydrogen-bond donors (Lipinski definition) is 5. The topological polar surface area (TPSA) is 137 Å². The zero-order valence-corrected chi connectivity index (χ0v) is 19.6. The first kappa shape index (κ1) is 26.3. The van der Waals surface area contributed by atoms with Crippen molar-refractivity contribution in [3.63, 3.8) is 0 Å². The smallest absolute Gasteiger partial charge is 0.315 e. The van der Waals surface area contributed by atoms with Crippen LogP contribution in [0.25, 0.3) is 0 Å². The Morgan fingerprint density at radius 3 is 2.06 bits per heavy atom. The summed E-state index contributed by atoms with van der Waals surface area (Å²) in [5, 5.41) is 20.7. The molecular weight excluding hydrogens is 432 g/mol. The van der Waals surface area contributed by atoms with Gasteiger partial charge in [0.1, 0.15) is 0 Å². The number of fused-ring (bicyclic) bond motifs is 1. The maximum atomic E-state index is 12.0. The Hall–Kier alpha value is -1.97. The fraction of sp³-hybridized carbons (Fsp3) is 0.818. The Bertz CT molecular complexity index is 633. The predicted octanol–water partition coefficient (Wildman–Crippen LogP) is 2.15. The summed E-state index contributed by atoms with van der Waals surface area (Å²) in [5.74, 6) is 0.302. The summed E-state index contributed by atoms with van der Waals surface area (Å²) in [7, 11) is 0. The van der Waals surface area contributed by atoms with Gasteiger partial charge in [0.15, 0.2) is 0 Å². The Labute approximate surface area is 194 Å². The van der Waals surface area contributed by atoms with Gasteiger partial charge in [-0.15, -0.1) is 0 Å². The van der Waals surface area contributed by atoms with Gasteiger partial charge in [-0.3, -0.25) is 14.4 Å². The van der Waals surface area contributed by atoms with Crippen molar-refractivity contribution in [2.75, 3.05) is 18.8 Å². The zero-order valence-electron chi connectivity index (χ0n) is 18.8. The first-order chi connectivity index (χ1) is 15.5. The van der Waals surface area contributed by atoms with E-state index in [9.17, 15) is 19.2 Å². The number of carboxylic acids is 1. The predicted molar refractivity (Wildman–Crippen MR) is 125 cm³/mol. The number of carbonyl (C=O) groups excluding carboxylic acids is 3. The van der Waals surface area contributed by atoms with E-state index in [1.807, 2.05) is 11.8 Å². The molecule has 1 unspecified atom stereocenters. The molecular formula is C22H38N4O5S. The van der Waals surface area contributed by atoms with Gasteiger partial charge in [-0.05, 0) is 38.5 Å². The summed E-state index contributed by atoms with van der Waals surface area (Å²) in [6.07, 6.45) is 8.89. The summed E-state index contributed by atoms with van der Waals surface area (Å²) in [6, 6.07) is 0.421. The fourth-order valence-corrected chi connectivity index (χ4v) is 5.62. The lowest BCUT2D eigenvalue weighted by Crippen LogP contribution is -2.36. The summed E-state index contributed by atoms with van der Waals surface area (Å²) in [5.41, 5.74) is 0. The van der Waals surface area contributed by atoms with Crippen LogP contribution in [0.1, 0.15) is 77.0 Å². The largest absolute Gasteiger partial charge is 0.481 e. The molecule has 0 radical (unpaired) electrons. The molecule has 2 rings (SSSR count). The highest BCUT2D eigenvalue weighted by Gasteiger charge is 2.42. The molecule has 0 aromatic carbocycles. The van der Waals surface area contributed by atoms with Crippen molar-refractivity contribution in [2.24, 2.45) is 0 Å². The van der Waals surface area contributed by atoms with E-state index in [0.29, 0.717) is 37.6 Å². The second-order valence-corrected chi connectivity index (χ2v) is 9.85. The third-order valence-corrected chi connectivity index (χ3v) is 7.38. The van der Waals surface area contributed by atoms with E-state index >= 15 is 0 Å². The Balaban J connectivity index is 1.35. The van der Waals surface area contributed by atoms with Crippen molar-refractivity contribution < 1.29 is 24.3 Å². The van der Waals surface area contributed by atoms with Crippen LogP contribution >= 0.6 is 11.8 Å². The number of nitrogens with one attached hydrogen (secondary N) is 4. The van der Waals surface area contributed by atoms with Crippen LogP contribution in [0.4, 0.5) is 4.79 Å². The van der Waals surface area contributed by atoms with Crippen molar-refractivity contribution in [1.82, 2.24) is 21.3 Å². The molecule has 3 atom stereocenters. The van der Waals surface area contributed by atoms with Gasteiger partial charge in [-0.1, -0.05) is 19.3 Å². The van der Waals surface area contributed by atoms with Crippen LogP contribution in [0.5, 0.6) is 0 Å². The van der Waals surface area contributed by atoms with E-state index in [0.717, 1.165) is 57.1 Å². The lowest BCUT2D eigenvalue weighted by atomic mass is 10.0. The summed E-state index contributed by atoms with van der Waals surface area (Å²) < 4.78 is 0. The maximum Gasteiger partial charge on any atom is 0.315 e. The van der Waals surface area contributed by atoms with Gasteiger partial charge in [0.05, 0.1) is 12.1 Å². The van der Waals surface area contributed by atoms with Gasteiger partial charge in [0.25, 0.3) is 0 Å². The average Bonchev–Trinajstić information content (AvgIpc) is 3.29. The number of thioether (sulfide) groups is 1. The van der Waals surface area contributed by atoms with Gasteiger partial charge >= 0.3 is 12.0 Å². The second-order valence-electron chi connectivity index (χ2n) is 8.58. The van der Waals surface area contributed by atoms with E-state index in [1.165, 1.54) is 0 Å². The van der Waals surface area contributed by atoms with Crippen molar-refractivity contribution in [3.05, 3.63) is 0 Å². The first-order valence-corrected chi connectivity index (χ1v) is 12.9. The highest BCUT2D eigenvalue weighted by atomic mass is 32.2. The van der Waals surface area contributed by atoms with Crippen molar-refractivity contribution >= 4 is 35.6 Å². The third-order valence-electron chi connectivity index (χ3n) is 5.87. The van der Waals surface area contributed by atoms with Gasteiger partial charge < -0.3 is 26.4 Å². The van der Waals surface area contributed by atoms with E-state index in [1.54, 1.807) is 0 Å². The molecule has 2 fully saturated rings. The average molecular weight is 471 g/mol. The van der Waals surface area contributed by atoms with E-state index in [2.05, 4.69) is 21.3 Å². The summed E-state index contributed by atoms with van der Waals surface area (Å²) >= 11 is 1.90. The zero-order chi connectivity index (χ0) is 23.2. The number of hydrogen-bond acceptors (Lipinski definition) is 5. The molecule has 10 heteroatoms. The van der Waals surface area contributed by atoms with Gasteiger partial charge in [-0.2, -0.15) is 11.8 Å². The van der Waals surface area contributed by atoms with Crippen LogP contribution in [-0.2, 0) is 14.4 Å². The molecule has 2 aliphatic heterocycles. The number of amides is 4. The van der Waals surface area contributed by atoms with Crippen LogP contribution in [0, 0.1) is 0 Å². The van der Waals surface area contributed by atoms with E-state index in [-0.39, 0.29) is 36.3 Å². The molecule has 4 amide bonds. The lowest BCUT2D eigenvalue weighted by molar-refractivity contribution is -0.137. The van der Waals surface area contributed by atoms with Crippen molar-refractivity contribution in [2.45, 2.75) is 94.4 Å². The van der Waals surface area contributed by atoms with Gasteiger partial charge in [-0.25, -0.2) is 4.79 Å². The maximum absolute atomic E-state index is 12.0.